The van der Waals surface area contributed by atoms with Gasteiger partial charge in [-0.1, -0.05) is 48.5 Å². The van der Waals surface area contributed by atoms with E-state index >= 15 is 0 Å². The number of amides is 1. The first-order valence-electron chi connectivity index (χ1n) is 9.84. The normalized spacial score (nSPS) is 25.6. The number of rotatable bonds is 2. The first-order chi connectivity index (χ1) is 13.3. The van der Waals surface area contributed by atoms with E-state index in [1.54, 1.807) is 0 Å². The van der Waals surface area contributed by atoms with Crippen LogP contribution >= 0.6 is 0 Å². The Bertz CT molecular complexity index is 882. The molecule has 6 rings (SSSR count). The second kappa shape index (κ2) is 6.46. The Morgan fingerprint density at radius 3 is 2.37 bits per heavy atom. The molecule has 2 aromatic carbocycles. The average molecular weight is 357 g/mol. The lowest BCUT2D eigenvalue weighted by molar-refractivity contribution is 0.0115. The van der Waals surface area contributed by atoms with Crippen molar-refractivity contribution in [2.45, 2.75) is 31.2 Å². The van der Waals surface area contributed by atoms with Gasteiger partial charge in [0.2, 0.25) is 0 Å². The highest BCUT2D eigenvalue weighted by Gasteiger charge is 2.43. The fourth-order valence-corrected chi connectivity index (χ4v) is 5.26. The summed E-state index contributed by atoms with van der Waals surface area (Å²) in [6.45, 7) is 1.17. The summed E-state index contributed by atoms with van der Waals surface area (Å²) in [7, 11) is 0. The van der Waals surface area contributed by atoms with Gasteiger partial charge in [-0.25, -0.2) is 4.79 Å². The van der Waals surface area contributed by atoms with Crippen molar-refractivity contribution in [3.05, 3.63) is 59.7 Å². The number of hydrogen-bond acceptors (Lipinski definition) is 2. The van der Waals surface area contributed by atoms with Crippen molar-refractivity contribution < 1.29 is 9.53 Å². The van der Waals surface area contributed by atoms with Gasteiger partial charge in [0.1, 0.15) is 6.61 Å². The van der Waals surface area contributed by atoms with Crippen LogP contribution in [0.25, 0.3) is 11.1 Å². The highest BCUT2D eigenvalue weighted by Crippen LogP contribution is 2.45. The molecule has 0 spiro atoms. The molecule has 3 unspecified atom stereocenters. The Hall–Kier alpha value is -2.73. The van der Waals surface area contributed by atoms with E-state index in [0.29, 0.717) is 12.5 Å². The maximum absolute atomic E-state index is 12.9. The summed E-state index contributed by atoms with van der Waals surface area (Å²) in [6.07, 6.45) is 8.73. The number of carbonyl (C=O) groups excluding carboxylic acids is 1. The Balaban J connectivity index is 1.35. The Morgan fingerprint density at radius 2 is 1.74 bits per heavy atom. The van der Waals surface area contributed by atoms with Gasteiger partial charge in [0, 0.05) is 24.4 Å². The zero-order valence-corrected chi connectivity index (χ0v) is 15.3. The van der Waals surface area contributed by atoms with E-state index in [0.717, 1.165) is 19.4 Å². The van der Waals surface area contributed by atoms with Crippen molar-refractivity contribution >= 4 is 6.09 Å². The van der Waals surface area contributed by atoms with E-state index in [9.17, 15) is 4.79 Å². The molecule has 4 aliphatic rings. The van der Waals surface area contributed by atoms with Crippen molar-refractivity contribution in [1.29, 1.82) is 0 Å². The molecular formula is C24H23NO2. The lowest BCUT2D eigenvalue weighted by Crippen LogP contribution is -2.55. The van der Waals surface area contributed by atoms with Gasteiger partial charge in [0.15, 0.2) is 0 Å². The molecule has 0 aromatic heterocycles. The molecule has 3 nitrogen and oxygen atoms in total. The third-order valence-electron chi connectivity index (χ3n) is 6.56. The number of terminal acetylenes is 1. The van der Waals surface area contributed by atoms with Crippen LogP contribution in [0.5, 0.6) is 0 Å². The van der Waals surface area contributed by atoms with E-state index < -0.39 is 0 Å². The summed E-state index contributed by atoms with van der Waals surface area (Å²) in [4.78, 5) is 14.8. The predicted octanol–water partition coefficient (Wildman–Crippen LogP) is 4.67. The second-order valence-electron chi connectivity index (χ2n) is 7.98. The smallest absolute Gasteiger partial charge is 0.410 e. The molecule has 1 amide bonds. The molecule has 3 heteroatoms. The van der Waals surface area contributed by atoms with E-state index in [4.69, 9.17) is 11.2 Å². The Morgan fingerprint density at radius 1 is 1.07 bits per heavy atom. The quantitative estimate of drug-likeness (QED) is 0.731. The lowest BCUT2D eigenvalue weighted by atomic mass is 9.73. The van der Waals surface area contributed by atoms with Gasteiger partial charge in [0.25, 0.3) is 0 Å². The predicted molar refractivity (Wildman–Crippen MR) is 105 cm³/mol. The van der Waals surface area contributed by atoms with Crippen molar-refractivity contribution in [3.63, 3.8) is 0 Å². The number of benzene rings is 2. The monoisotopic (exact) mass is 357 g/mol. The van der Waals surface area contributed by atoms with Crippen LogP contribution in [0.2, 0.25) is 0 Å². The Labute approximate surface area is 160 Å². The molecule has 2 bridgehead atoms. The molecular weight excluding hydrogens is 334 g/mol. The van der Waals surface area contributed by atoms with Crippen LogP contribution in [0.3, 0.4) is 0 Å². The van der Waals surface area contributed by atoms with Gasteiger partial charge in [-0.2, -0.15) is 0 Å². The summed E-state index contributed by atoms with van der Waals surface area (Å²) in [6, 6.07) is 17.0. The van der Waals surface area contributed by atoms with Crippen molar-refractivity contribution in [2.24, 2.45) is 11.8 Å². The van der Waals surface area contributed by atoms with Gasteiger partial charge >= 0.3 is 6.09 Å². The minimum Gasteiger partial charge on any atom is -0.448 e. The first-order valence-corrected chi connectivity index (χ1v) is 9.84. The van der Waals surface area contributed by atoms with Crippen molar-refractivity contribution in [1.82, 2.24) is 4.90 Å². The van der Waals surface area contributed by atoms with E-state index in [1.165, 1.54) is 28.7 Å². The summed E-state index contributed by atoms with van der Waals surface area (Å²) >= 11 is 0. The maximum Gasteiger partial charge on any atom is 0.410 e. The fourth-order valence-electron chi connectivity index (χ4n) is 5.26. The summed E-state index contributed by atoms with van der Waals surface area (Å²) in [5, 5.41) is 0. The van der Waals surface area contributed by atoms with Gasteiger partial charge in [-0.15, -0.1) is 12.3 Å². The van der Waals surface area contributed by atoms with E-state index in [1.807, 2.05) is 4.90 Å². The molecule has 27 heavy (non-hydrogen) atoms. The SMILES string of the molecule is C#CC1CC2CCC1N(C(=O)OCC1c3ccccc3-c3ccccc31)C2. The molecule has 1 saturated carbocycles. The van der Waals surface area contributed by atoms with Gasteiger partial charge in [-0.3, -0.25) is 0 Å². The number of carbonyl (C=O) groups is 1. The van der Waals surface area contributed by atoms with Crippen LogP contribution in [0, 0.1) is 24.2 Å². The number of ether oxygens (including phenoxy) is 1. The molecule has 0 N–H and O–H groups in total. The topological polar surface area (TPSA) is 29.5 Å². The maximum atomic E-state index is 12.9. The van der Waals surface area contributed by atoms with Crippen LogP contribution in [0.15, 0.2) is 48.5 Å². The van der Waals surface area contributed by atoms with Crippen molar-refractivity contribution in [2.75, 3.05) is 13.2 Å². The summed E-state index contributed by atoms with van der Waals surface area (Å²) in [5.41, 5.74) is 4.98. The number of hydrogen-bond donors (Lipinski definition) is 0. The highest BCUT2D eigenvalue weighted by molar-refractivity contribution is 5.79. The van der Waals surface area contributed by atoms with Gasteiger partial charge in [0.05, 0.1) is 0 Å². The minimum atomic E-state index is -0.202. The molecule has 2 saturated heterocycles. The molecule has 2 aliphatic carbocycles. The standard InChI is InChI=1S/C24H23NO2/c1-2-17-13-16-11-12-23(17)25(14-16)24(26)27-15-22-20-9-5-3-7-18(20)19-8-4-6-10-21(19)22/h1,3-10,16-17,22-23H,11-15H2. The lowest BCUT2D eigenvalue weighted by Gasteiger charge is -2.47. The van der Waals surface area contributed by atoms with Crippen LogP contribution in [0.4, 0.5) is 4.79 Å². The molecule has 2 heterocycles. The molecule has 136 valence electrons. The summed E-state index contributed by atoms with van der Waals surface area (Å²) in [5.74, 6) is 3.70. The molecule has 2 aliphatic heterocycles. The van der Waals surface area contributed by atoms with Gasteiger partial charge < -0.3 is 9.64 Å². The zero-order chi connectivity index (χ0) is 18.4. The summed E-state index contributed by atoms with van der Waals surface area (Å²) < 4.78 is 5.84. The third-order valence-corrected chi connectivity index (χ3v) is 6.56. The third kappa shape index (κ3) is 2.63. The highest BCUT2D eigenvalue weighted by atomic mass is 16.6. The van der Waals surface area contributed by atoms with E-state index in [-0.39, 0.29) is 24.0 Å². The number of piperidine rings is 2. The van der Waals surface area contributed by atoms with Crippen LogP contribution in [-0.4, -0.2) is 30.2 Å². The number of nitrogens with zero attached hydrogens (tertiary/aromatic N) is 1. The fraction of sp³-hybridized carbons (Fsp3) is 0.375. The average Bonchev–Trinajstić information content (AvgIpc) is 3.06. The van der Waals surface area contributed by atoms with Crippen LogP contribution in [-0.2, 0) is 4.74 Å². The minimum absolute atomic E-state index is 0.103. The van der Waals surface area contributed by atoms with Gasteiger partial charge in [-0.05, 0) is 47.4 Å². The van der Waals surface area contributed by atoms with Crippen molar-refractivity contribution in [3.8, 4) is 23.5 Å². The Kier molecular flexibility index (Phi) is 3.93. The zero-order valence-electron chi connectivity index (χ0n) is 15.3. The first kappa shape index (κ1) is 16.4. The largest absolute Gasteiger partial charge is 0.448 e. The molecule has 2 aromatic rings. The molecule has 0 radical (unpaired) electrons. The van der Waals surface area contributed by atoms with Crippen LogP contribution in [0.1, 0.15) is 36.3 Å². The van der Waals surface area contributed by atoms with E-state index in [2.05, 4.69) is 54.5 Å². The second-order valence-corrected chi connectivity index (χ2v) is 7.98. The number of fused-ring (bicyclic) bond motifs is 6. The molecule has 3 atom stereocenters. The van der Waals surface area contributed by atoms with Crippen LogP contribution < -0.4 is 0 Å². The molecule has 3 fully saturated rings.